The van der Waals surface area contributed by atoms with Crippen LogP contribution in [0.4, 0.5) is 0 Å². The minimum absolute atomic E-state index is 0.0171. The third-order valence-corrected chi connectivity index (χ3v) is 7.86. The van der Waals surface area contributed by atoms with Crippen LogP contribution in [0.1, 0.15) is 42.4 Å². The van der Waals surface area contributed by atoms with E-state index in [0.717, 1.165) is 31.2 Å². The fraction of sp³-hybridized carbons (Fsp3) is 0.310. The molecule has 1 saturated carbocycles. The molecule has 1 aliphatic rings. The number of rotatable bonds is 9. The number of carbonyl (C=O) groups is 2. The van der Waals surface area contributed by atoms with Crippen LogP contribution in [-0.4, -0.2) is 28.8 Å². The van der Waals surface area contributed by atoms with Crippen LogP contribution in [0, 0.1) is 0 Å². The molecule has 0 saturated heterocycles. The molecule has 4 nitrogen and oxygen atoms in total. The maximum atomic E-state index is 13.9. The lowest BCUT2D eigenvalue weighted by Gasteiger charge is -2.33. The first kappa shape index (κ1) is 27.8. The van der Waals surface area contributed by atoms with Crippen molar-refractivity contribution in [2.75, 3.05) is 0 Å². The normalized spacial score (nSPS) is 14.4. The first-order valence-electron chi connectivity index (χ1n) is 12.3. The Morgan fingerprint density at radius 3 is 2.03 bits per heavy atom. The SMILES string of the molecule is O=C(NC1CCCC1)C(Cc1ccccc1)N(Cc1ccc(Cl)cc1Cl)C(=O)Cc1ccc(Cl)cc1Cl. The predicted octanol–water partition coefficient (Wildman–Crippen LogP) is 7.54. The van der Waals surface area contributed by atoms with Crippen molar-refractivity contribution in [3.05, 3.63) is 104 Å². The van der Waals surface area contributed by atoms with Crippen molar-refractivity contribution in [3.63, 3.8) is 0 Å². The molecule has 4 rings (SSSR count). The molecule has 3 aromatic carbocycles. The molecular weight excluding hydrogens is 550 g/mol. The summed E-state index contributed by atoms with van der Waals surface area (Å²) in [4.78, 5) is 29.2. The summed E-state index contributed by atoms with van der Waals surface area (Å²) in [6, 6.07) is 19.3. The monoisotopic (exact) mass is 576 g/mol. The van der Waals surface area contributed by atoms with Crippen molar-refractivity contribution < 1.29 is 9.59 Å². The van der Waals surface area contributed by atoms with Gasteiger partial charge in [0.15, 0.2) is 0 Å². The van der Waals surface area contributed by atoms with Crippen molar-refractivity contribution in [1.29, 1.82) is 0 Å². The van der Waals surface area contributed by atoms with Gasteiger partial charge in [-0.25, -0.2) is 0 Å². The topological polar surface area (TPSA) is 49.4 Å². The minimum Gasteiger partial charge on any atom is -0.352 e. The predicted molar refractivity (Wildman–Crippen MR) is 152 cm³/mol. The highest BCUT2D eigenvalue weighted by molar-refractivity contribution is 6.35. The summed E-state index contributed by atoms with van der Waals surface area (Å²) < 4.78 is 0. The van der Waals surface area contributed by atoms with Crippen LogP contribution >= 0.6 is 46.4 Å². The van der Waals surface area contributed by atoms with Crippen LogP contribution in [0.5, 0.6) is 0 Å². The summed E-state index contributed by atoms with van der Waals surface area (Å²) in [5.74, 6) is -0.408. The number of carbonyl (C=O) groups excluding carboxylic acids is 2. The summed E-state index contributed by atoms with van der Waals surface area (Å²) in [6.07, 6.45) is 4.45. The van der Waals surface area contributed by atoms with Crippen LogP contribution < -0.4 is 5.32 Å². The van der Waals surface area contributed by atoms with Crippen LogP contribution in [0.25, 0.3) is 0 Å². The van der Waals surface area contributed by atoms with E-state index < -0.39 is 6.04 Å². The Bertz CT molecular complexity index is 1250. The van der Waals surface area contributed by atoms with E-state index in [0.29, 0.717) is 37.6 Å². The number of amides is 2. The third kappa shape index (κ3) is 7.64. The zero-order chi connectivity index (χ0) is 26.4. The number of nitrogens with one attached hydrogen (secondary N) is 1. The van der Waals surface area contributed by atoms with Gasteiger partial charge in [0, 0.05) is 39.1 Å². The van der Waals surface area contributed by atoms with E-state index in [1.165, 1.54) is 0 Å². The molecular formula is C29H28Cl4N2O2. The molecule has 37 heavy (non-hydrogen) atoms. The highest BCUT2D eigenvalue weighted by Gasteiger charge is 2.32. The second kappa shape index (κ2) is 13.0. The van der Waals surface area contributed by atoms with Crippen LogP contribution in [-0.2, 0) is 29.0 Å². The molecule has 0 bridgehead atoms. The van der Waals surface area contributed by atoms with Gasteiger partial charge in [-0.05, 0) is 53.8 Å². The Morgan fingerprint density at radius 1 is 0.838 bits per heavy atom. The highest BCUT2D eigenvalue weighted by Crippen LogP contribution is 2.27. The van der Waals surface area contributed by atoms with E-state index >= 15 is 0 Å². The zero-order valence-electron chi connectivity index (χ0n) is 20.2. The summed E-state index contributed by atoms with van der Waals surface area (Å²) in [6.45, 7) is 0.148. The van der Waals surface area contributed by atoms with Gasteiger partial charge < -0.3 is 10.2 Å². The standard InChI is InChI=1S/C29H28Cl4N2O2/c30-22-12-10-20(25(32)16-22)15-28(36)35(18-21-11-13-23(31)17-26(21)33)27(14-19-6-2-1-3-7-19)29(37)34-24-8-4-5-9-24/h1-3,6-7,10-13,16-17,24,27H,4-5,8-9,14-15,18H2,(H,34,37). The van der Waals surface area contributed by atoms with Crippen LogP contribution in [0.15, 0.2) is 66.7 Å². The number of hydrogen-bond acceptors (Lipinski definition) is 2. The fourth-order valence-electron chi connectivity index (χ4n) is 4.68. The van der Waals surface area contributed by atoms with Gasteiger partial charge in [-0.3, -0.25) is 9.59 Å². The van der Waals surface area contributed by atoms with Crippen molar-refractivity contribution in [2.45, 2.75) is 57.2 Å². The Labute approximate surface area is 237 Å². The Kier molecular flexibility index (Phi) is 9.77. The molecule has 0 aliphatic heterocycles. The van der Waals surface area contributed by atoms with E-state index in [1.807, 2.05) is 30.3 Å². The molecule has 3 aromatic rings. The van der Waals surface area contributed by atoms with Crippen molar-refractivity contribution in [3.8, 4) is 0 Å². The van der Waals surface area contributed by atoms with E-state index in [1.54, 1.807) is 41.3 Å². The molecule has 1 N–H and O–H groups in total. The van der Waals surface area contributed by atoms with E-state index in [4.69, 9.17) is 46.4 Å². The van der Waals surface area contributed by atoms with E-state index in [2.05, 4.69) is 5.32 Å². The van der Waals surface area contributed by atoms with Crippen LogP contribution in [0.2, 0.25) is 20.1 Å². The van der Waals surface area contributed by atoms with Crippen molar-refractivity contribution >= 4 is 58.2 Å². The van der Waals surface area contributed by atoms with Gasteiger partial charge in [-0.2, -0.15) is 0 Å². The van der Waals surface area contributed by atoms with E-state index in [-0.39, 0.29) is 30.8 Å². The molecule has 0 heterocycles. The lowest BCUT2D eigenvalue weighted by Crippen LogP contribution is -2.52. The second-order valence-electron chi connectivity index (χ2n) is 9.37. The lowest BCUT2D eigenvalue weighted by atomic mass is 10.0. The van der Waals surface area contributed by atoms with Crippen LogP contribution in [0.3, 0.4) is 0 Å². The molecule has 0 spiro atoms. The quantitative estimate of drug-likeness (QED) is 0.285. The number of halogens is 4. The summed E-state index contributed by atoms with van der Waals surface area (Å²) in [5.41, 5.74) is 2.30. The first-order chi connectivity index (χ1) is 17.8. The summed E-state index contributed by atoms with van der Waals surface area (Å²) >= 11 is 25.1. The van der Waals surface area contributed by atoms with Gasteiger partial charge >= 0.3 is 0 Å². The molecule has 8 heteroatoms. The second-order valence-corrected chi connectivity index (χ2v) is 11.1. The van der Waals surface area contributed by atoms with Gasteiger partial charge in [0.25, 0.3) is 0 Å². The number of hydrogen-bond donors (Lipinski definition) is 1. The van der Waals surface area contributed by atoms with E-state index in [9.17, 15) is 9.59 Å². The van der Waals surface area contributed by atoms with Crippen molar-refractivity contribution in [1.82, 2.24) is 10.2 Å². The lowest BCUT2D eigenvalue weighted by molar-refractivity contribution is -0.141. The highest BCUT2D eigenvalue weighted by atomic mass is 35.5. The largest absolute Gasteiger partial charge is 0.352 e. The number of benzene rings is 3. The smallest absolute Gasteiger partial charge is 0.243 e. The Hall–Kier alpha value is -2.24. The molecule has 194 valence electrons. The Morgan fingerprint density at radius 2 is 1.43 bits per heavy atom. The summed E-state index contributed by atoms with van der Waals surface area (Å²) in [5, 5.41) is 5.02. The van der Waals surface area contributed by atoms with Gasteiger partial charge in [0.1, 0.15) is 6.04 Å². The minimum atomic E-state index is -0.742. The third-order valence-electron chi connectivity index (χ3n) is 6.69. The average molecular weight is 578 g/mol. The molecule has 0 radical (unpaired) electrons. The zero-order valence-corrected chi connectivity index (χ0v) is 23.3. The molecule has 1 atom stereocenters. The van der Waals surface area contributed by atoms with Gasteiger partial charge in [0.05, 0.1) is 6.42 Å². The molecule has 1 fully saturated rings. The van der Waals surface area contributed by atoms with Gasteiger partial charge in [-0.15, -0.1) is 0 Å². The molecule has 2 amide bonds. The fourth-order valence-corrected chi connectivity index (χ4v) is 5.63. The maximum Gasteiger partial charge on any atom is 0.243 e. The average Bonchev–Trinajstić information content (AvgIpc) is 3.38. The molecule has 1 unspecified atom stereocenters. The molecule has 0 aromatic heterocycles. The summed E-state index contributed by atoms with van der Waals surface area (Å²) in [7, 11) is 0. The van der Waals surface area contributed by atoms with Gasteiger partial charge in [-0.1, -0.05) is 102 Å². The molecule has 1 aliphatic carbocycles. The van der Waals surface area contributed by atoms with Crippen molar-refractivity contribution in [2.24, 2.45) is 0 Å². The Balaban J connectivity index is 1.69. The maximum absolute atomic E-state index is 13.9. The number of nitrogens with zero attached hydrogens (tertiary/aromatic N) is 1. The van der Waals surface area contributed by atoms with Gasteiger partial charge in [0.2, 0.25) is 11.8 Å². The first-order valence-corrected chi connectivity index (χ1v) is 13.8.